The average molecular weight is 251 g/mol. The number of nitrogens with zero attached hydrogens (tertiary/aromatic N) is 6. The van der Waals surface area contributed by atoms with Crippen LogP contribution in [-0.2, 0) is 0 Å². The van der Waals surface area contributed by atoms with Crippen molar-refractivity contribution in [2.75, 3.05) is 0 Å². The smallest absolute Gasteiger partial charge is 0.358 e. The molecule has 0 aromatic carbocycles. The summed E-state index contributed by atoms with van der Waals surface area (Å²) in [5.74, 6) is -1.11. The lowest BCUT2D eigenvalue weighted by Crippen LogP contribution is -2.17. The van der Waals surface area contributed by atoms with Gasteiger partial charge in [-0.1, -0.05) is 0 Å². The van der Waals surface area contributed by atoms with Gasteiger partial charge in [-0.25, -0.2) is 9.13 Å². The molecule has 92 valence electrons. The molecule has 1 N–H and O–H groups in total. The Balaban J connectivity index is 2.29. The zero-order valence-corrected chi connectivity index (χ0v) is 8.63. The van der Waals surface area contributed by atoms with E-state index >= 15 is 0 Å². The van der Waals surface area contributed by atoms with Gasteiger partial charge in [-0.3, -0.25) is 5.41 Å². The molecule has 0 unspecified atom stereocenters. The van der Waals surface area contributed by atoms with Crippen molar-refractivity contribution in [2.45, 2.75) is 0 Å². The Hall–Kier alpha value is -3.11. The second kappa shape index (κ2) is 4.04. The number of hydrogen-bond donors (Lipinski definition) is 1. The first kappa shape index (κ1) is 11.4. The number of hydrogen-bond acceptors (Lipinski definition) is 7. The van der Waals surface area contributed by atoms with E-state index in [4.69, 9.17) is 5.41 Å². The lowest BCUT2D eigenvalue weighted by Gasteiger charge is -2.00. The van der Waals surface area contributed by atoms with Crippen molar-refractivity contribution in [2.24, 2.45) is 0 Å². The van der Waals surface area contributed by atoms with Crippen molar-refractivity contribution in [3.05, 3.63) is 45.3 Å². The normalized spacial score (nSPS) is 10.2. The third-order valence-corrected chi connectivity index (χ3v) is 2.00. The van der Waals surface area contributed by atoms with E-state index in [-0.39, 0.29) is 5.96 Å². The fourth-order valence-electron chi connectivity index (χ4n) is 1.18. The lowest BCUT2D eigenvalue weighted by atomic mass is 10.7. The Kier molecular flexibility index (Phi) is 2.56. The Morgan fingerprint density at radius 1 is 1.06 bits per heavy atom. The fourth-order valence-corrected chi connectivity index (χ4v) is 1.18. The van der Waals surface area contributed by atoms with Crippen molar-refractivity contribution in [3.63, 3.8) is 0 Å². The van der Waals surface area contributed by atoms with Gasteiger partial charge in [-0.05, 0) is 19.8 Å². The monoisotopic (exact) mass is 251 g/mol. The summed E-state index contributed by atoms with van der Waals surface area (Å²) in [7, 11) is 0. The molecule has 2 aromatic heterocycles. The average Bonchev–Trinajstić information content (AvgIpc) is 2.97. The summed E-state index contributed by atoms with van der Waals surface area (Å²) in [6.45, 7) is 0. The van der Waals surface area contributed by atoms with E-state index in [9.17, 15) is 20.2 Å². The molecule has 0 saturated heterocycles. The highest BCUT2D eigenvalue weighted by atomic mass is 16.6. The van der Waals surface area contributed by atoms with Crippen LogP contribution in [0.1, 0.15) is 0 Å². The minimum absolute atomic E-state index is 0.267. The standard InChI is InChI=1S/C7H5N7O4/c8-7(11-1-5(9-3-11)13(15)16)12-2-6(10-4-12)14(17)18/h1-4,8H. The van der Waals surface area contributed by atoms with Crippen LogP contribution in [0.25, 0.3) is 0 Å². The molecular formula is C7H5N7O4. The first-order chi connectivity index (χ1) is 8.49. The number of aromatic nitrogens is 4. The summed E-state index contributed by atoms with van der Waals surface area (Å²) < 4.78 is 2.09. The van der Waals surface area contributed by atoms with Gasteiger partial charge < -0.3 is 20.2 Å². The van der Waals surface area contributed by atoms with Crippen LogP contribution in [0, 0.1) is 25.6 Å². The molecule has 18 heavy (non-hydrogen) atoms. The molecule has 0 saturated carbocycles. The van der Waals surface area contributed by atoms with Gasteiger partial charge in [0.25, 0.3) is 0 Å². The van der Waals surface area contributed by atoms with E-state index in [0.717, 1.165) is 34.2 Å². The molecule has 0 atom stereocenters. The summed E-state index contributed by atoms with van der Waals surface area (Å²) in [6, 6.07) is 0. The summed E-state index contributed by atoms with van der Waals surface area (Å²) in [5.41, 5.74) is 0. The number of nitrogens with one attached hydrogen (secondary N) is 1. The van der Waals surface area contributed by atoms with E-state index in [1.807, 2.05) is 0 Å². The van der Waals surface area contributed by atoms with Gasteiger partial charge in [0, 0.05) is 0 Å². The second-order valence-electron chi connectivity index (χ2n) is 3.12. The highest BCUT2D eigenvalue weighted by Crippen LogP contribution is 2.09. The first-order valence-corrected chi connectivity index (χ1v) is 4.45. The minimum Gasteiger partial charge on any atom is -0.358 e. The van der Waals surface area contributed by atoms with Gasteiger partial charge in [-0.2, -0.15) is 0 Å². The molecule has 11 nitrogen and oxygen atoms in total. The van der Waals surface area contributed by atoms with Crippen molar-refractivity contribution >= 4 is 17.6 Å². The van der Waals surface area contributed by atoms with Crippen molar-refractivity contribution in [1.82, 2.24) is 19.1 Å². The van der Waals surface area contributed by atoms with E-state index in [1.54, 1.807) is 0 Å². The molecule has 0 aliphatic rings. The molecular weight excluding hydrogens is 246 g/mol. The Bertz CT molecular complexity index is 588. The molecule has 0 radical (unpaired) electrons. The lowest BCUT2D eigenvalue weighted by molar-refractivity contribution is -0.389. The van der Waals surface area contributed by atoms with E-state index in [1.165, 1.54) is 0 Å². The van der Waals surface area contributed by atoms with Gasteiger partial charge in [0.1, 0.15) is 12.4 Å². The third kappa shape index (κ3) is 1.91. The van der Waals surface area contributed by atoms with Crippen LogP contribution < -0.4 is 0 Å². The topological polar surface area (TPSA) is 146 Å². The van der Waals surface area contributed by atoms with E-state index in [2.05, 4.69) is 9.97 Å². The maximum absolute atomic E-state index is 10.4. The van der Waals surface area contributed by atoms with E-state index in [0.29, 0.717) is 0 Å². The Labute approximate surface area is 98.1 Å². The number of rotatable bonds is 2. The van der Waals surface area contributed by atoms with E-state index < -0.39 is 21.5 Å². The van der Waals surface area contributed by atoms with Crippen molar-refractivity contribution < 1.29 is 9.85 Å². The Morgan fingerprint density at radius 2 is 1.44 bits per heavy atom. The van der Waals surface area contributed by atoms with Gasteiger partial charge in [0.15, 0.2) is 0 Å². The molecule has 0 fully saturated rings. The highest BCUT2D eigenvalue weighted by Gasteiger charge is 2.17. The fraction of sp³-hybridized carbons (Fsp3) is 0. The third-order valence-electron chi connectivity index (χ3n) is 2.00. The van der Waals surface area contributed by atoms with Crippen LogP contribution in [0.3, 0.4) is 0 Å². The highest BCUT2D eigenvalue weighted by molar-refractivity contribution is 5.81. The van der Waals surface area contributed by atoms with Crippen LogP contribution in [0.15, 0.2) is 25.0 Å². The summed E-state index contributed by atoms with van der Waals surface area (Å²) in [4.78, 5) is 26.3. The van der Waals surface area contributed by atoms with Crippen LogP contribution in [-0.4, -0.2) is 34.9 Å². The minimum atomic E-state index is -0.708. The molecule has 0 aliphatic carbocycles. The maximum atomic E-state index is 10.4. The van der Waals surface area contributed by atoms with Crippen LogP contribution in [0.2, 0.25) is 0 Å². The number of nitro groups is 2. The largest absolute Gasteiger partial charge is 0.382 e. The van der Waals surface area contributed by atoms with Crippen LogP contribution >= 0.6 is 0 Å². The second-order valence-corrected chi connectivity index (χ2v) is 3.12. The zero-order chi connectivity index (χ0) is 13.3. The molecule has 0 aliphatic heterocycles. The molecule has 2 rings (SSSR count). The van der Waals surface area contributed by atoms with Crippen molar-refractivity contribution in [1.29, 1.82) is 5.41 Å². The molecule has 0 amide bonds. The van der Waals surface area contributed by atoms with Gasteiger partial charge in [-0.15, -0.1) is 0 Å². The van der Waals surface area contributed by atoms with Crippen molar-refractivity contribution in [3.8, 4) is 0 Å². The van der Waals surface area contributed by atoms with Gasteiger partial charge in [0.2, 0.25) is 18.6 Å². The molecule has 0 spiro atoms. The molecule has 2 heterocycles. The van der Waals surface area contributed by atoms with Gasteiger partial charge >= 0.3 is 11.6 Å². The summed E-state index contributed by atoms with van der Waals surface area (Å²) >= 11 is 0. The van der Waals surface area contributed by atoms with Crippen LogP contribution in [0.5, 0.6) is 0 Å². The maximum Gasteiger partial charge on any atom is 0.382 e. The van der Waals surface area contributed by atoms with Gasteiger partial charge in [0.05, 0.1) is 0 Å². The summed E-state index contributed by atoms with van der Waals surface area (Å²) in [5, 5.41) is 28.5. The Morgan fingerprint density at radius 3 is 1.72 bits per heavy atom. The zero-order valence-electron chi connectivity index (χ0n) is 8.63. The summed E-state index contributed by atoms with van der Waals surface area (Å²) in [6.07, 6.45) is 4.17. The molecule has 2 aromatic rings. The molecule has 0 bridgehead atoms. The molecule has 11 heteroatoms. The quantitative estimate of drug-likeness (QED) is 0.349. The predicted molar refractivity (Wildman–Crippen MR) is 56.3 cm³/mol. The first-order valence-electron chi connectivity index (χ1n) is 4.45. The predicted octanol–water partition coefficient (Wildman–Crippen LogP) is 0.227. The number of imidazole rings is 2. The SMILES string of the molecule is N=C(n1cnc([N+](=O)[O-])c1)n1cnc([N+](=O)[O-])c1. The van der Waals surface area contributed by atoms with Crippen LogP contribution in [0.4, 0.5) is 11.6 Å².